The summed E-state index contributed by atoms with van der Waals surface area (Å²) in [5.41, 5.74) is 1.96. The van der Waals surface area contributed by atoms with Crippen molar-refractivity contribution in [3.8, 4) is 0 Å². The van der Waals surface area contributed by atoms with E-state index in [0.29, 0.717) is 5.92 Å². The maximum Gasteiger partial charge on any atom is 0.126 e. The van der Waals surface area contributed by atoms with Crippen molar-refractivity contribution < 1.29 is 4.39 Å². The van der Waals surface area contributed by atoms with Gasteiger partial charge in [0.05, 0.1) is 0 Å². The first kappa shape index (κ1) is 11.6. The van der Waals surface area contributed by atoms with Gasteiger partial charge in [-0.2, -0.15) is 0 Å². The molecule has 2 rings (SSSR count). The zero-order chi connectivity index (χ0) is 11.5. The van der Waals surface area contributed by atoms with Crippen LogP contribution in [0, 0.1) is 18.7 Å². The molecule has 0 unspecified atom stereocenters. The Morgan fingerprint density at radius 3 is 2.44 bits per heavy atom. The highest BCUT2D eigenvalue weighted by atomic mass is 19.1. The Labute approximate surface area is 97.9 Å². The number of hydrogen-bond acceptors (Lipinski definition) is 0. The molecular formula is C15H21F. The monoisotopic (exact) mass is 220 g/mol. The van der Waals surface area contributed by atoms with Crippen molar-refractivity contribution in [2.45, 2.75) is 51.9 Å². The molecule has 0 bridgehead atoms. The van der Waals surface area contributed by atoms with Crippen LogP contribution in [-0.2, 0) is 0 Å². The van der Waals surface area contributed by atoms with Crippen LogP contribution in [0.15, 0.2) is 18.2 Å². The van der Waals surface area contributed by atoms with Gasteiger partial charge in [-0.15, -0.1) is 0 Å². The predicted octanol–water partition coefficient (Wildman–Crippen LogP) is 4.82. The zero-order valence-electron chi connectivity index (χ0n) is 10.3. The SMILES string of the molecule is CCC1CCC(c2ccc(C)c(F)c2)CC1. The molecule has 1 aromatic carbocycles. The standard InChI is InChI=1S/C15H21F/c1-3-12-5-8-13(9-6-12)14-7-4-11(2)15(16)10-14/h4,7,10,12-13H,3,5-6,8-9H2,1-2H3. The molecule has 1 aliphatic rings. The van der Waals surface area contributed by atoms with E-state index in [1.54, 1.807) is 6.07 Å². The lowest BCUT2D eigenvalue weighted by atomic mass is 9.78. The van der Waals surface area contributed by atoms with E-state index >= 15 is 0 Å². The molecule has 0 aliphatic heterocycles. The number of rotatable bonds is 2. The summed E-state index contributed by atoms with van der Waals surface area (Å²) in [5.74, 6) is 1.46. The third-order valence-electron chi connectivity index (χ3n) is 4.09. The maximum atomic E-state index is 13.5. The van der Waals surface area contributed by atoms with Crippen LogP contribution in [0.3, 0.4) is 0 Å². The minimum atomic E-state index is -0.0462. The summed E-state index contributed by atoms with van der Waals surface area (Å²) in [6.45, 7) is 4.10. The van der Waals surface area contributed by atoms with E-state index in [2.05, 4.69) is 13.0 Å². The molecule has 0 N–H and O–H groups in total. The highest BCUT2D eigenvalue weighted by Gasteiger charge is 2.21. The fraction of sp³-hybridized carbons (Fsp3) is 0.600. The summed E-state index contributed by atoms with van der Waals surface area (Å²) in [5, 5.41) is 0. The molecule has 1 fully saturated rings. The first-order chi connectivity index (χ1) is 7.70. The number of benzene rings is 1. The summed E-state index contributed by atoms with van der Waals surface area (Å²) in [4.78, 5) is 0. The lowest BCUT2D eigenvalue weighted by molar-refractivity contribution is 0.318. The van der Waals surface area contributed by atoms with E-state index < -0.39 is 0 Å². The van der Waals surface area contributed by atoms with Crippen LogP contribution < -0.4 is 0 Å². The first-order valence-electron chi connectivity index (χ1n) is 6.46. The number of aryl methyl sites for hydroxylation is 1. The van der Waals surface area contributed by atoms with E-state index in [9.17, 15) is 4.39 Å². The van der Waals surface area contributed by atoms with E-state index in [1.165, 1.54) is 37.7 Å². The van der Waals surface area contributed by atoms with E-state index in [4.69, 9.17) is 0 Å². The van der Waals surface area contributed by atoms with Crippen LogP contribution in [0.1, 0.15) is 56.1 Å². The minimum absolute atomic E-state index is 0.0462. The van der Waals surface area contributed by atoms with Gasteiger partial charge in [-0.3, -0.25) is 0 Å². The summed E-state index contributed by atoms with van der Waals surface area (Å²) in [6.07, 6.45) is 6.41. The largest absolute Gasteiger partial charge is 0.207 e. The molecule has 0 spiro atoms. The summed E-state index contributed by atoms with van der Waals surface area (Å²) in [7, 11) is 0. The average molecular weight is 220 g/mol. The van der Waals surface area contributed by atoms with Crippen LogP contribution >= 0.6 is 0 Å². The second kappa shape index (κ2) is 4.99. The summed E-state index contributed by atoms with van der Waals surface area (Å²) in [6, 6.07) is 5.76. The van der Waals surface area contributed by atoms with E-state index in [0.717, 1.165) is 11.5 Å². The predicted molar refractivity (Wildman–Crippen MR) is 66.1 cm³/mol. The Morgan fingerprint density at radius 2 is 1.88 bits per heavy atom. The second-order valence-corrected chi connectivity index (χ2v) is 5.13. The quantitative estimate of drug-likeness (QED) is 0.670. The van der Waals surface area contributed by atoms with Crippen LogP contribution in [-0.4, -0.2) is 0 Å². The molecule has 0 amide bonds. The van der Waals surface area contributed by atoms with Gasteiger partial charge in [0.15, 0.2) is 0 Å². The lowest BCUT2D eigenvalue weighted by Gasteiger charge is -2.28. The van der Waals surface area contributed by atoms with Crippen LogP contribution in [0.4, 0.5) is 4.39 Å². The molecule has 1 aliphatic carbocycles. The number of halogens is 1. The van der Waals surface area contributed by atoms with Crippen LogP contribution in [0.25, 0.3) is 0 Å². The Kier molecular flexibility index (Phi) is 3.63. The Balaban J connectivity index is 2.05. The molecule has 0 nitrogen and oxygen atoms in total. The molecule has 16 heavy (non-hydrogen) atoms. The molecule has 0 atom stereocenters. The highest BCUT2D eigenvalue weighted by Crippen LogP contribution is 2.37. The third kappa shape index (κ3) is 2.45. The Morgan fingerprint density at radius 1 is 1.19 bits per heavy atom. The first-order valence-corrected chi connectivity index (χ1v) is 6.46. The maximum absolute atomic E-state index is 13.5. The van der Waals surface area contributed by atoms with E-state index in [1.807, 2.05) is 13.0 Å². The van der Waals surface area contributed by atoms with Gasteiger partial charge >= 0.3 is 0 Å². The van der Waals surface area contributed by atoms with Crippen molar-refractivity contribution in [2.24, 2.45) is 5.92 Å². The summed E-state index contributed by atoms with van der Waals surface area (Å²) < 4.78 is 13.5. The molecule has 0 saturated heterocycles. The fourth-order valence-corrected chi connectivity index (χ4v) is 2.77. The van der Waals surface area contributed by atoms with Crippen LogP contribution in [0.5, 0.6) is 0 Å². The molecular weight excluding hydrogens is 199 g/mol. The smallest absolute Gasteiger partial charge is 0.126 e. The van der Waals surface area contributed by atoms with Crippen molar-refractivity contribution in [3.63, 3.8) is 0 Å². The molecule has 1 heteroatoms. The van der Waals surface area contributed by atoms with Gasteiger partial charge < -0.3 is 0 Å². The third-order valence-corrected chi connectivity index (χ3v) is 4.09. The molecule has 1 aromatic rings. The molecule has 1 saturated carbocycles. The average Bonchev–Trinajstić information content (AvgIpc) is 2.33. The molecule has 88 valence electrons. The highest BCUT2D eigenvalue weighted by molar-refractivity contribution is 5.26. The van der Waals surface area contributed by atoms with Crippen molar-refractivity contribution in [3.05, 3.63) is 35.1 Å². The minimum Gasteiger partial charge on any atom is -0.207 e. The van der Waals surface area contributed by atoms with Crippen molar-refractivity contribution in [1.82, 2.24) is 0 Å². The van der Waals surface area contributed by atoms with Gasteiger partial charge in [-0.1, -0.05) is 25.5 Å². The van der Waals surface area contributed by atoms with Crippen molar-refractivity contribution in [1.29, 1.82) is 0 Å². The van der Waals surface area contributed by atoms with E-state index in [-0.39, 0.29) is 5.82 Å². The fourth-order valence-electron chi connectivity index (χ4n) is 2.77. The molecule has 0 heterocycles. The van der Waals surface area contributed by atoms with Gasteiger partial charge in [0.25, 0.3) is 0 Å². The number of hydrogen-bond donors (Lipinski definition) is 0. The topological polar surface area (TPSA) is 0 Å². The van der Waals surface area contributed by atoms with Crippen molar-refractivity contribution >= 4 is 0 Å². The second-order valence-electron chi connectivity index (χ2n) is 5.13. The normalized spacial score (nSPS) is 25.7. The Bertz CT molecular complexity index is 348. The molecule has 0 aromatic heterocycles. The molecule has 0 radical (unpaired) electrons. The lowest BCUT2D eigenvalue weighted by Crippen LogP contribution is -2.12. The summed E-state index contributed by atoms with van der Waals surface area (Å²) >= 11 is 0. The van der Waals surface area contributed by atoms with Crippen LogP contribution in [0.2, 0.25) is 0 Å². The zero-order valence-corrected chi connectivity index (χ0v) is 10.3. The van der Waals surface area contributed by atoms with Crippen molar-refractivity contribution in [2.75, 3.05) is 0 Å². The van der Waals surface area contributed by atoms with Gasteiger partial charge in [0, 0.05) is 0 Å². The van der Waals surface area contributed by atoms with Gasteiger partial charge in [-0.05, 0) is 61.6 Å². The van der Waals surface area contributed by atoms with Gasteiger partial charge in [0.2, 0.25) is 0 Å². The van der Waals surface area contributed by atoms with Gasteiger partial charge in [-0.25, -0.2) is 4.39 Å². The van der Waals surface area contributed by atoms with Gasteiger partial charge in [0.1, 0.15) is 5.82 Å². The Hall–Kier alpha value is -0.850.